The number of fused-ring (bicyclic) bond motifs is 1. The van der Waals surface area contributed by atoms with Gasteiger partial charge in [0.05, 0.1) is 11.8 Å². The van der Waals surface area contributed by atoms with E-state index in [9.17, 15) is 14.4 Å². The molecule has 2 N–H and O–H groups in total. The lowest BCUT2D eigenvalue weighted by Crippen LogP contribution is -2.45. The first-order valence-electron chi connectivity index (χ1n) is 10.3. The average molecular weight is 425 g/mol. The third-order valence-electron chi connectivity index (χ3n) is 4.52. The molecule has 0 spiro atoms. The normalized spacial score (nSPS) is 12.8. The summed E-state index contributed by atoms with van der Waals surface area (Å²) in [6.07, 6.45) is 0.854. The molecule has 0 saturated carbocycles. The maximum Gasteiger partial charge on any atom is 0.265 e. The van der Waals surface area contributed by atoms with Gasteiger partial charge in [0.25, 0.3) is 11.8 Å². The number of hydrogen-bond donors (Lipinski definition) is 2. The van der Waals surface area contributed by atoms with E-state index in [-0.39, 0.29) is 37.0 Å². The Morgan fingerprint density at radius 1 is 1.16 bits per heavy atom. The Morgan fingerprint density at radius 3 is 2.58 bits per heavy atom. The van der Waals surface area contributed by atoms with Crippen LogP contribution in [0.5, 0.6) is 11.5 Å². The molecule has 31 heavy (non-hydrogen) atoms. The van der Waals surface area contributed by atoms with E-state index in [2.05, 4.69) is 10.6 Å². The van der Waals surface area contributed by atoms with E-state index in [4.69, 9.17) is 9.47 Å². The van der Waals surface area contributed by atoms with Crippen LogP contribution in [0.2, 0.25) is 0 Å². The van der Waals surface area contributed by atoms with Gasteiger partial charge in [-0.25, -0.2) is 0 Å². The van der Waals surface area contributed by atoms with Gasteiger partial charge in [-0.05, 0) is 62.7 Å². The highest BCUT2D eigenvalue weighted by molar-refractivity contribution is 6.06. The third-order valence-corrected chi connectivity index (χ3v) is 4.52. The van der Waals surface area contributed by atoms with Crippen molar-refractivity contribution in [1.29, 1.82) is 0 Å². The molecule has 3 rings (SSSR count). The number of anilines is 2. The van der Waals surface area contributed by atoms with Crippen LogP contribution >= 0.6 is 0 Å². The van der Waals surface area contributed by atoms with Crippen LogP contribution < -0.4 is 25.0 Å². The van der Waals surface area contributed by atoms with E-state index < -0.39 is 0 Å². The Labute approximate surface area is 181 Å². The topological polar surface area (TPSA) is 97.0 Å². The highest BCUT2D eigenvalue weighted by Gasteiger charge is 2.27. The standard InChI is InChI=1S/C23H27N3O5/c1-4-11-24-21(27)13-26-19-12-17(7-10-20(19)30-14-22(26)28)25-23(29)16-5-8-18(9-6-16)31-15(2)3/h5-10,12,15H,4,11,13-14H2,1-3H3,(H,24,27)(H,25,29). The highest BCUT2D eigenvalue weighted by Crippen LogP contribution is 2.34. The van der Waals surface area contributed by atoms with Crippen LogP contribution in [-0.4, -0.2) is 43.5 Å². The van der Waals surface area contributed by atoms with Crippen LogP contribution in [0.3, 0.4) is 0 Å². The molecule has 8 heteroatoms. The minimum Gasteiger partial charge on any atom is -0.491 e. The molecule has 0 bridgehead atoms. The molecular weight excluding hydrogens is 398 g/mol. The Kier molecular flexibility index (Phi) is 7.12. The Hall–Kier alpha value is -3.55. The summed E-state index contributed by atoms with van der Waals surface area (Å²) in [5.74, 6) is 0.306. The first-order valence-corrected chi connectivity index (χ1v) is 10.3. The van der Waals surface area contributed by atoms with Crippen molar-refractivity contribution >= 4 is 29.1 Å². The van der Waals surface area contributed by atoms with Crippen molar-refractivity contribution in [3.63, 3.8) is 0 Å². The lowest BCUT2D eigenvalue weighted by Gasteiger charge is -2.29. The van der Waals surface area contributed by atoms with Gasteiger partial charge in [-0.2, -0.15) is 0 Å². The van der Waals surface area contributed by atoms with E-state index in [1.807, 2.05) is 20.8 Å². The fraction of sp³-hybridized carbons (Fsp3) is 0.348. The number of nitrogens with one attached hydrogen (secondary N) is 2. The minimum absolute atomic E-state index is 0.0482. The second-order valence-corrected chi connectivity index (χ2v) is 7.45. The molecule has 0 radical (unpaired) electrons. The van der Waals surface area contributed by atoms with Crippen molar-refractivity contribution in [2.75, 3.05) is 29.9 Å². The van der Waals surface area contributed by atoms with Crippen LogP contribution in [0.15, 0.2) is 42.5 Å². The number of benzene rings is 2. The lowest BCUT2D eigenvalue weighted by atomic mass is 10.1. The molecule has 164 valence electrons. The van der Waals surface area contributed by atoms with Gasteiger partial charge >= 0.3 is 0 Å². The lowest BCUT2D eigenvalue weighted by molar-refractivity contribution is -0.125. The third kappa shape index (κ3) is 5.75. The Morgan fingerprint density at radius 2 is 1.90 bits per heavy atom. The van der Waals surface area contributed by atoms with Crippen LogP contribution in [-0.2, 0) is 9.59 Å². The summed E-state index contributed by atoms with van der Waals surface area (Å²) in [5.41, 5.74) is 1.40. The molecule has 2 aromatic rings. The predicted octanol–water partition coefficient (Wildman–Crippen LogP) is 2.98. The summed E-state index contributed by atoms with van der Waals surface area (Å²) in [7, 11) is 0. The zero-order valence-electron chi connectivity index (χ0n) is 17.9. The summed E-state index contributed by atoms with van der Waals surface area (Å²) < 4.78 is 11.1. The quantitative estimate of drug-likeness (QED) is 0.678. The fourth-order valence-electron chi connectivity index (χ4n) is 3.08. The molecule has 1 heterocycles. The molecule has 0 aromatic heterocycles. The van der Waals surface area contributed by atoms with E-state index >= 15 is 0 Å². The maximum atomic E-state index is 12.6. The molecule has 0 fully saturated rings. The van der Waals surface area contributed by atoms with Crippen molar-refractivity contribution in [2.24, 2.45) is 0 Å². The van der Waals surface area contributed by atoms with Crippen molar-refractivity contribution in [1.82, 2.24) is 5.32 Å². The van der Waals surface area contributed by atoms with Gasteiger partial charge in [-0.3, -0.25) is 19.3 Å². The number of carbonyl (C=O) groups is 3. The largest absolute Gasteiger partial charge is 0.491 e. The van der Waals surface area contributed by atoms with Crippen molar-refractivity contribution in [3.05, 3.63) is 48.0 Å². The SMILES string of the molecule is CCCNC(=O)CN1C(=O)COc2ccc(NC(=O)c3ccc(OC(C)C)cc3)cc21. The Bertz CT molecular complexity index is 956. The number of amides is 3. The predicted molar refractivity (Wildman–Crippen MR) is 118 cm³/mol. The van der Waals surface area contributed by atoms with Gasteiger partial charge < -0.3 is 20.1 Å². The zero-order chi connectivity index (χ0) is 22.4. The van der Waals surface area contributed by atoms with Crippen molar-refractivity contribution < 1.29 is 23.9 Å². The van der Waals surface area contributed by atoms with Gasteiger partial charge in [0.15, 0.2) is 6.61 Å². The molecule has 0 aliphatic carbocycles. The monoisotopic (exact) mass is 425 g/mol. The number of rotatable bonds is 8. The van der Waals surface area contributed by atoms with Crippen LogP contribution in [0, 0.1) is 0 Å². The van der Waals surface area contributed by atoms with E-state index in [0.717, 1.165) is 6.42 Å². The number of carbonyl (C=O) groups excluding carboxylic acids is 3. The zero-order valence-corrected chi connectivity index (χ0v) is 17.9. The minimum atomic E-state index is -0.316. The molecule has 1 aliphatic rings. The summed E-state index contributed by atoms with van der Waals surface area (Å²) in [5, 5.41) is 5.58. The first-order chi connectivity index (χ1) is 14.9. The second kappa shape index (κ2) is 9.97. The van der Waals surface area contributed by atoms with Crippen LogP contribution in [0.1, 0.15) is 37.6 Å². The molecule has 1 aliphatic heterocycles. The van der Waals surface area contributed by atoms with Gasteiger partial charge in [0.2, 0.25) is 5.91 Å². The molecule has 2 aromatic carbocycles. The summed E-state index contributed by atoms with van der Waals surface area (Å²) in [6.45, 7) is 6.12. The molecule has 8 nitrogen and oxygen atoms in total. The van der Waals surface area contributed by atoms with Gasteiger partial charge in [0, 0.05) is 17.8 Å². The summed E-state index contributed by atoms with van der Waals surface area (Å²) in [6, 6.07) is 11.8. The number of nitrogens with zero attached hydrogens (tertiary/aromatic N) is 1. The molecule has 0 unspecified atom stereocenters. The van der Waals surface area contributed by atoms with Gasteiger partial charge in [-0.1, -0.05) is 6.92 Å². The van der Waals surface area contributed by atoms with Crippen LogP contribution in [0.4, 0.5) is 11.4 Å². The maximum absolute atomic E-state index is 12.6. The van der Waals surface area contributed by atoms with Gasteiger partial charge in [-0.15, -0.1) is 0 Å². The van der Waals surface area contributed by atoms with Gasteiger partial charge in [0.1, 0.15) is 18.0 Å². The summed E-state index contributed by atoms with van der Waals surface area (Å²) >= 11 is 0. The van der Waals surface area contributed by atoms with Crippen LogP contribution in [0.25, 0.3) is 0 Å². The molecule has 3 amide bonds. The van der Waals surface area contributed by atoms with E-state index in [1.165, 1.54) is 4.90 Å². The smallest absolute Gasteiger partial charge is 0.265 e. The summed E-state index contributed by atoms with van der Waals surface area (Å²) in [4.78, 5) is 38.5. The number of ether oxygens (including phenoxy) is 2. The first kappa shape index (κ1) is 22.1. The molecular formula is C23H27N3O5. The molecule has 0 saturated heterocycles. The highest BCUT2D eigenvalue weighted by atomic mass is 16.5. The van der Waals surface area contributed by atoms with Crippen molar-refractivity contribution in [3.8, 4) is 11.5 Å². The molecule has 0 atom stereocenters. The Balaban J connectivity index is 1.74. The van der Waals surface area contributed by atoms with E-state index in [1.54, 1.807) is 42.5 Å². The second-order valence-electron chi connectivity index (χ2n) is 7.45. The van der Waals surface area contributed by atoms with E-state index in [0.29, 0.717) is 35.0 Å². The average Bonchev–Trinajstić information content (AvgIpc) is 2.74. The number of hydrogen-bond acceptors (Lipinski definition) is 5. The fourth-order valence-corrected chi connectivity index (χ4v) is 3.08. The van der Waals surface area contributed by atoms with Crippen molar-refractivity contribution in [2.45, 2.75) is 33.3 Å².